The fourth-order valence-electron chi connectivity index (χ4n) is 6.72. The molecule has 1 aliphatic rings. The maximum atomic E-state index is 9.61. The van der Waals surface area contributed by atoms with E-state index < -0.39 is 0 Å². The van der Waals surface area contributed by atoms with E-state index in [2.05, 4.69) is 117 Å². The quantitative estimate of drug-likeness (QED) is 0.197. The molecule has 1 heterocycles. The van der Waals surface area contributed by atoms with Gasteiger partial charge in [0.1, 0.15) is 0 Å². The zero-order valence-electron chi connectivity index (χ0n) is 26.1. The van der Waals surface area contributed by atoms with E-state index in [0.717, 1.165) is 33.4 Å². The van der Waals surface area contributed by atoms with Crippen molar-refractivity contribution in [3.05, 3.63) is 162 Å². The van der Waals surface area contributed by atoms with E-state index in [4.69, 9.17) is 15.0 Å². The fraction of sp³-hybridized carbons (Fsp3) is 0.0698. The van der Waals surface area contributed by atoms with Gasteiger partial charge in [-0.05, 0) is 62.7 Å². The number of rotatable bonds is 5. The van der Waals surface area contributed by atoms with Crippen LogP contribution in [0.4, 0.5) is 0 Å². The third kappa shape index (κ3) is 4.99. The molecule has 0 fully saturated rings. The summed E-state index contributed by atoms with van der Waals surface area (Å²) in [6.45, 7) is 4.48. The first-order chi connectivity index (χ1) is 23.0. The minimum atomic E-state index is -0.213. The molecule has 0 radical (unpaired) electrons. The average molecular weight is 603 g/mol. The number of nitriles is 1. The van der Waals surface area contributed by atoms with Crippen LogP contribution in [-0.2, 0) is 5.41 Å². The number of aromatic nitrogens is 3. The molecule has 6 aromatic carbocycles. The van der Waals surface area contributed by atoms with Crippen LogP contribution in [0, 0.1) is 11.3 Å². The molecular weight excluding hydrogens is 573 g/mol. The van der Waals surface area contributed by atoms with Crippen molar-refractivity contribution >= 4 is 0 Å². The lowest BCUT2D eigenvalue weighted by Gasteiger charge is -2.21. The summed E-state index contributed by atoms with van der Waals surface area (Å²) < 4.78 is 0. The SMILES string of the molecule is CC1(C)c2cc(C#N)ccc2-c2c(-c3cccc(-c4nc(-c5ccccc5)nc(-c5ccc(-c6ccccc6)cc5)n4)c3)cccc21. The highest BCUT2D eigenvalue weighted by molar-refractivity contribution is 5.93. The van der Waals surface area contributed by atoms with E-state index in [1.165, 1.54) is 27.8 Å². The first-order valence-corrected chi connectivity index (χ1v) is 15.8. The molecule has 8 rings (SSSR count). The van der Waals surface area contributed by atoms with Crippen molar-refractivity contribution in [2.75, 3.05) is 0 Å². The van der Waals surface area contributed by atoms with Crippen LogP contribution in [0.5, 0.6) is 0 Å². The second kappa shape index (κ2) is 11.3. The summed E-state index contributed by atoms with van der Waals surface area (Å²) in [4.78, 5) is 15.0. The predicted octanol–water partition coefficient (Wildman–Crippen LogP) is 10.4. The van der Waals surface area contributed by atoms with Gasteiger partial charge in [0.05, 0.1) is 11.6 Å². The van der Waals surface area contributed by atoms with Crippen LogP contribution in [0.2, 0.25) is 0 Å². The number of nitrogens with zero attached hydrogens (tertiary/aromatic N) is 4. The van der Waals surface area contributed by atoms with E-state index in [0.29, 0.717) is 23.0 Å². The average Bonchev–Trinajstić information content (AvgIpc) is 3.37. The van der Waals surface area contributed by atoms with Gasteiger partial charge in [0.25, 0.3) is 0 Å². The zero-order chi connectivity index (χ0) is 32.0. The second-order valence-electron chi connectivity index (χ2n) is 12.4. The fourth-order valence-corrected chi connectivity index (χ4v) is 6.72. The third-order valence-corrected chi connectivity index (χ3v) is 9.18. The molecule has 4 nitrogen and oxygen atoms in total. The Morgan fingerprint density at radius 3 is 1.66 bits per heavy atom. The number of hydrogen-bond acceptors (Lipinski definition) is 4. The molecule has 1 aromatic heterocycles. The molecule has 0 spiro atoms. The Kier molecular flexibility index (Phi) is 6.82. The molecule has 0 bridgehead atoms. The van der Waals surface area contributed by atoms with E-state index in [-0.39, 0.29) is 5.41 Å². The number of fused-ring (bicyclic) bond motifs is 3. The molecule has 0 N–H and O–H groups in total. The maximum absolute atomic E-state index is 9.61. The molecule has 0 aliphatic heterocycles. The lowest BCUT2D eigenvalue weighted by molar-refractivity contribution is 0.660. The Bertz CT molecular complexity index is 2320. The van der Waals surface area contributed by atoms with Gasteiger partial charge in [0.15, 0.2) is 17.5 Å². The van der Waals surface area contributed by atoms with Crippen molar-refractivity contribution in [1.82, 2.24) is 15.0 Å². The summed E-state index contributed by atoms with van der Waals surface area (Å²) >= 11 is 0. The first-order valence-electron chi connectivity index (χ1n) is 15.8. The normalized spacial score (nSPS) is 12.6. The molecule has 7 aromatic rings. The Hall–Kier alpha value is -6.18. The van der Waals surface area contributed by atoms with Crippen molar-refractivity contribution in [2.24, 2.45) is 0 Å². The minimum Gasteiger partial charge on any atom is -0.208 e. The summed E-state index contributed by atoms with van der Waals surface area (Å²) in [7, 11) is 0. The molecule has 0 unspecified atom stereocenters. The van der Waals surface area contributed by atoms with Crippen molar-refractivity contribution in [3.63, 3.8) is 0 Å². The highest BCUT2D eigenvalue weighted by Crippen LogP contribution is 2.52. The van der Waals surface area contributed by atoms with Gasteiger partial charge in [0, 0.05) is 22.1 Å². The molecule has 0 saturated heterocycles. The van der Waals surface area contributed by atoms with Crippen molar-refractivity contribution in [1.29, 1.82) is 5.26 Å². The van der Waals surface area contributed by atoms with Gasteiger partial charge in [-0.1, -0.05) is 141 Å². The lowest BCUT2D eigenvalue weighted by Crippen LogP contribution is -2.15. The molecule has 4 heteroatoms. The Morgan fingerprint density at radius 1 is 0.447 bits per heavy atom. The number of hydrogen-bond donors (Lipinski definition) is 0. The van der Waals surface area contributed by atoms with Crippen molar-refractivity contribution in [3.8, 4) is 73.6 Å². The van der Waals surface area contributed by atoms with Crippen LogP contribution in [-0.4, -0.2) is 15.0 Å². The molecule has 0 amide bonds. The van der Waals surface area contributed by atoms with Crippen LogP contribution in [0.15, 0.2) is 146 Å². The highest BCUT2D eigenvalue weighted by Gasteiger charge is 2.37. The summed E-state index contributed by atoms with van der Waals surface area (Å²) in [6.07, 6.45) is 0. The summed E-state index contributed by atoms with van der Waals surface area (Å²) in [5.74, 6) is 1.88. The summed E-state index contributed by atoms with van der Waals surface area (Å²) in [6, 6.07) is 52.2. The monoisotopic (exact) mass is 602 g/mol. The van der Waals surface area contributed by atoms with Gasteiger partial charge >= 0.3 is 0 Å². The van der Waals surface area contributed by atoms with Crippen molar-refractivity contribution < 1.29 is 0 Å². The Labute approximate surface area is 274 Å². The largest absolute Gasteiger partial charge is 0.208 e. The Morgan fingerprint density at radius 2 is 0.979 bits per heavy atom. The van der Waals surface area contributed by atoms with Gasteiger partial charge in [0.2, 0.25) is 0 Å². The number of benzene rings is 6. The van der Waals surface area contributed by atoms with E-state index in [9.17, 15) is 5.26 Å². The molecular formula is C43H30N4. The molecule has 0 saturated carbocycles. The van der Waals surface area contributed by atoms with Gasteiger partial charge in [-0.3, -0.25) is 0 Å². The van der Waals surface area contributed by atoms with Gasteiger partial charge in [-0.25, -0.2) is 15.0 Å². The minimum absolute atomic E-state index is 0.213. The molecule has 47 heavy (non-hydrogen) atoms. The first kappa shape index (κ1) is 28.3. The van der Waals surface area contributed by atoms with Crippen LogP contribution in [0.3, 0.4) is 0 Å². The van der Waals surface area contributed by atoms with E-state index in [1.54, 1.807) is 0 Å². The second-order valence-corrected chi connectivity index (χ2v) is 12.4. The maximum Gasteiger partial charge on any atom is 0.164 e. The van der Waals surface area contributed by atoms with E-state index in [1.807, 2.05) is 48.5 Å². The summed E-state index contributed by atoms with van der Waals surface area (Å²) in [5.41, 5.74) is 12.6. The van der Waals surface area contributed by atoms with Crippen LogP contribution < -0.4 is 0 Å². The molecule has 222 valence electrons. The molecule has 0 atom stereocenters. The highest BCUT2D eigenvalue weighted by atomic mass is 15.0. The third-order valence-electron chi connectivity index (χ3n) is 9.18. The smallest absolute Gasteiger partial charge is 0.164 e. The zero-order valence-corrected chi connectivity index (χ0v) is 26.1. The van der Waals surface area contributed by atoms with Crippen LogP contribution in [0.1, 0.15) is 30.5 Å². The standard InChI is InChI=1S/C43H30N4/c1-43(2)37-18-10-17-35(39(37)36-24-19-28(27-44)25-38(36)43)33-15-9-16-34(26-33)42-46-40(31-13-7-4-8-14-31)45-41(47-42)32-22-20-30(21-23-32)29-11-5-3-6-12-29/h3-26H,1-2H3. The summed E-state index contributed by atoms with van der Waals surface area (Å²) in [5, 5.41) is 9.61. The van der Waals surface area contributed by atoms with Gasteiger partial charge < -0.3 is 0 Å². The van der Waals surface area contributed by atoms with E-state index >= 15 is 0 Å². The van der Waals surface area contributed by atoms with Gasteiger partial charge in [-0.2, -0.15) is 5.26 Å². The Balaban J connectivity index is 1.25. The topological polar surface area (TPSA) is 62.5 Å². The van der Waals surface area contributed by atoms with Gasteiger partial charge in [-0.15, -0.1) is 0 Å². The molecule has 1 aliphatic carbocycles. The predicted molar refractivity (Wildman–Crippen MR) is 189 cm³/mol. The van der Waals surface area contributed by atoms with Crippen LogP contribution in [0.25, 0.3) is 67.5 Å². The lowest BCUT2D eigenvalue weighted by atomic mass is 9.81. The van der Waals surface area contributed by atoms with Crippen LogP contribution >= 0.6 is 0 Å². The van der Waals surface area contributed by atoms with Crippen molar-refractivity contribution in [2.45, 2.75) is 19.3 Å².